The van der Waals surface area contributed by atoms with E-state index in [4.69, 9.17) is 4.98 Å². The molecule has 1 aromatic heterocycles. The summed E-state index contributed by atoms with van der Waals surface area (Å²) in [5, 5.41) is 4.16. The highest BCUT2D eigenvalue weighted by Gasteiger charge is 2.19. The molecule has 0 aliphatic carbocycles. The summed E-state index contributed by atoms with van der Waals surface area (Å²) in [5.41, 5.74) is 2.27. The third-order valence-corrected chi connectivity index (χ3v) is 6.79. The molecule has 2 heterocycles. The number of piperazine rings is 1. The zero-order valence-electron chi connectivity index (χ0n) is 16.3. The number of benzene rings is 2. The zero-order chi connectivity index (χ0) is 20.1. The molecule has 1 aliphatic rings. The van der Waals surface area contributed by atoms with Crippen molar-refractivity contribution in [2.45, 2.75) is 12.8 Å². The first kappa shape index (κ1) is 20.3. The van der Waals surface area contributed by atoms with Crippen molar-refractivity contribution in [3.63, 3.8) is 0 Å². The number of thiazole rings is 1. The summed E-state index contributed by atoms with van der Waals surface area (Å²) in [6, 6.07) is 16.4. The predicted molar refractivity (Wildman–Crippen MR) is 124 cm³/mol. The highest BCUT2D eigenvalue weighted by atomic mass is 79.9. The Hall–Kier alpha value is -1.96. The Morgan fingerprint density at radius 2 is 1.90 bits per heavy atom. The number of hydrogen-bond donors (Lipinski definition) is 1. The van der Waals surface area contributed by atoms with Crippen LogP contribution in [0.3, 0.4) is 0 Å². The molecule has 1 amide bonds. The molecule has 2 aromatic carbocycles. The number of aryl methyl sites for hydroxylation is 1. The lowest BCUT2D eigenvalue weighted by atomic mass is 10.1. The molecule has 0 radical (unpaired) electrons. The van der Waals surface area contributed by atoms with Crippen LogP contribution in [0.4, 0.5) is 5.13 Å². The van der Waals surface area contributed by atoms with Gasteiger partial charge in [0.25, 0.3) is 0 Å². The van der Waals surface area contributed by atoms with E-state index in [-0.39, 0.29) is 5.91 Å². The standard InChI is InChI=1S/C22H25BrN4OS/c23-18-7-8-19-20(16-18)29-22(25-19)27-14-12-26(13-15-27)11-10-24-21(28)9-6-17-4-2-1-3-5-17/h1-5,7-8,16H,6,9-15H2,(H,24,28). The van der Waals surface area contributed by atoms with E-state index >= 15 is 0 Å². The van der Waals surface area contributed by atoms with Crippen molar-refractivity contribution >= 4 is 48.5 Å². The van der Waals surface area contributed by atoms with E-state index in [0.29, 0.717) is 13.0 Å². The molecule has 3 aromatic rings. The third kappa shape index (κ3) is 5.56. The van der Waals surface area contributed by atoms with Gasteiger partial charge in [-0.25, -0.2) is 4.98 Å². The molecule has 152 valence electrons. The Balaban J connectivity index is 1.17. The van der Waals surface area contributed by atoms with Crippen LogP contribution in [0.5, 0.6) is 0 Å². The number of nitrogens with one attached hydrogen (secondary N) is 1. The van der Waals surface area contributed by atoms with Crippen molar-refractivity contribution in [1.82, 2.24) is 15.2 Å². The minimum Gasteiger partial charge on any atom is -0.355 e. The van der Waals surface area contributed by atoms with Crippen molar-refractivity contribution in [3.05, 3.63) is 58.6 Å². The maximum Gasteiger partial charge on any atom is 0.220 e. The second-order valence-electron chi connectivity index (χ2n) is 7.27. The van der Waals surface area contributed by atoms with Gasteiger partial charge in [-0.1, -0.05) is 57.6 Å². The van der Waals surface area contributed by atoms with Crippen LogP contribution in [0.2, 0.25) is 0 Å². The summed E-state index contributed by atoms with van der Waals surface area (Å²) < 4.78 is 2.31. The number of nitrogens with zero attached hydrogens (tertiary/aromatic N) is 3. The predicted octanol–water partition coefficient (Wildman–Crippen LogP) is 3.93. The molecule has 1 fully saturated rings. The monoisotopic (exact) mass is 472 g/mol. The van der Waals surface area contributed by atoms with Crippen LogP contribution < -0.4 is 10.2 Å². The number of halogens is 1. The number of fused-ring (bicyclic) bond motifs is 1. The van der Waals surface area contributed by atoms with E-state index in [1.807, 2.05) is 24.3 Å². The maximum atomic E-state index is 12.1. The van der Waals surface area contributed by atoms with Gasteiger partial charge in [0, 0.05) is 50.2 Å². The Morgan fingerprint density at radius 1 is 1.10 bits per heavy atom. The Labute approximate surface area is 183 Å². The van der Waals surface area contributed by atoms with Crippen LogP contribution in [0.1, 0.15) is 12.0 Å². The fraction of sp³-hybridized carbons (Fsp3) is 0.364. The van der Waals surface area contributed by atoms with Crippen molar-refractivity contribution in [1.29, 1.82) is 0 Å². The summed E-state index contributed by atoms with van der Waals surface area (Å²) in [6.45, 7) is 5.56. The molecule has 0 saturated carbocycles. The molecule has 1 aliphatic heterocycles. The van der Waals surface area contributed by atoms with Gasteiger partial charge < -0.3 is 10.2 Å². The average molecular weight is 473 g/mol. The topological polar surface area (TPSA) is 48.5 Å². The van der Waals surface area contributed by atoms with Crippen LogP contribution in [-0.4, -0.2) is 55.1 Å². The second-order valence-corrected chi connectivity index (χ2v) is 9.20. The quantitative estimate of drug-likeness (QED) is 0.565. The Bertz CT molecular complexity index is 954. The Morgan fingerprint density at radius 3 is 2.69 bits per heavy atom. The normalized spacial score (nSPS) is 15.0. The highest BCUT2D eigenvalue weighted by Crippen LogP contribution is 2.31. The smallest absolute Gasteiger partial charge is 0.220 e. The van der Waals surface area contributed by atoms with Crippen molar-refractivity contribution in [2.24, 2.45) is 0 Å². The third-order valence-electron chi connectivity index (χ3n) is 5.22. The fourth-order valence-electron chi connectivity index (χ4n) is 3.53. The van der Waals surface area contributed by atoms with Crippen LogP contribution in [0, 0.1) is 0 Å². The molecular formula is C22H25BrN4OS. The average Bonchev–Trinajstić information content (AvgIpc) is 3.17. The van der Waals surface area contributed by atoms with Gasteiger partial charge in [0.2, 0.25) is 5.91 Å². The minimum absolute atomic E-state index is 0.133. The summed E-state index contributed by atoms with van der Waals surface area (Å²) >= 11 is 5.28. The lowest BCUT2D eigenvalue weighted by Crippen LogP contribution is -2.48. The van der Waals surface area contributed by atoms with Crippen molar-refractivity contribution in [2.75, 3.05) is 44.2 Å². The van der Waals surface area contributed by atoms with Crippen molar-refractivity contribution < 1.29 is 4.79 Å². The van der Waals surface area contributed by atoms with Gasteiger partial charge in [0.1, 0.15) is 0 Å². The maximum absolute atomic E-state index is 12.1. The van der Waals surface area contributed by atoms with E-state index in [0.717, 1.165) is 54.3 Å². The van der Waals surface area contributed by atoms with Gasteiger partial charge in [0.05, 0.1) is 10.2 Å². The van der Waals surface area contributed by atoms with Crippen LogP contribution in [-0.2, 0) is 11.2 Å². The number of rotatable bonds is 7. The molecule has 7 heteroatoms. The van der Waals surface area contributed by atoms with E-state index in [1.165, 1.54) is 10.3 Å². The van der Waals surface area contributed by atoms with E-state index in [2.05, 4.69) is 55.3 Å². The van der Waals surface area contributed by atoms with Gasteiger partial charge in [-0.2, -0.15) is 0 Å². The summed E-state index contributed by atoms with van der Waals surface area (Å²) in [5.74, 6) is 0.133. The van der Waals surface area contributed by atoms with E-state index in [9.17, 15) is 4.79 Å². The Kier molecular flexibility index (Phi) is 6.79. The molecule has 0 atom stereocenters. The number of aromatic nitrogens is 1. The molecule has 0 unspecified atom stereocenters. The molecule has 0 spiro atoms. The SMILES string of the molecule is O=C(CCc1ccccc1)NCCN1CCN(c2nc3ccc(Br)cc3s2)CC1. The minimum atomic E-state index is 0.133. The number of carbonyl (C=O) groups excluding carboxylic acids is 1. The molecule has 4 rings (SSSR count). The van der Waals surface area contributed by atoms with E-state index in [1.54, 1.807) is 11.3 Å². The summed E-state index contributed by atoms with van der Waals surface area (Å²) in [7, 11) is 0. The molecule has 1 N–H and O–H groups in total. The van der Waals surface area contributed by atoms with Crippen LogP contribution in [0.25, 0.3) is 10.2 Å². The van der Waals surface area contributed by atoms with Crippen molar-refractivity contribution in [3.8, 4) is 0 Å². The zero-order valence-corrected chi connectivity index (χ0v) is 18.7. The molecule has 29 heavy (non-hydrogen) atoms. The van der Waals surface area contributed by atoms with Gasteiger partial charge in [-0.3, -0.25) is 9.69 Å². The molecule has 1 saturated heterocycles. The van der Waals surface area contributed by atoms with Gasteiger partial charge in [-0.05, 0) is 30.2 Å². The number of carbonyl (C=O) groups is 1. The lowest BCUT2D eigenvalue weighted by Gasteiger charge is -2.34. The first-order valence-electron chi connectivity index (χ1n) is 10.0. The fourth-order valence-corrected chi connectivity index (χ4v) is 5.10. The first-order valence-corrected chi connectivity index (χ1v) is 11.6. The van der Waals surface area contributed by atoms with Gasteiger partial charge in [-0.15, -0.1) is 0 Å². The number of hydrogen-bond acceptors (Lipinski definition) is 5. The number of anilines is 1. The van der Waals surface area contributed by atoms with Gasteiger partial charge in [0.15, 0.2) is 5.13 Å². The van der Waals surface area contributed by atoms with E-state index < -0.39 is 0 Å². The second kappa shape index (κ2) is 9.69. The van der Waals surface area contributed by atoms with Gasteiger partial charge >= 0.3 is 0 Å². The molecule has 0 bridgehead atoms. The summed E-state index contributed by atoms with van der Waals surface area (Å²) in [4.78, 5) is 21.6. The highest BCUT2D eigenvalue weighted by molar-refractivity contribution is 9.10. The van der Waals surface area contributed by atoms with Crippen LogP contribution >= 0.6 is 27.3 Å². The molecule has 5 nitrogen and oxygen atoms in total. The van der Waals surface area contributed by atoms with Crippen LogP contribution in [0.15, 0.2) is 53.0 Å². The lowest BCUT2D eigenvalue weighted by molar-refractivity contribution is -0.121. The largest absolute Gasteiger partial charge is 0.355 e. The summed E-state index contributed by atoms with van der Waals surface area (Å²) in [6.07, 6.45) is 1.34. The first-order chi connectivity index (χ1) is 14.2. The molecular weight excluding hydrogens is 448 g/mol. The number of amides is 1.